The van der Waals surface area contributed by atoms with Gasteiger partial charge in [-0.3, -0.25) is 4.98 Å². The number of hydrogen-bond acceptors (Lipinski definition) is 5. The Morgan fingerprint density at radius 3 is 2.80 bits per heavy atom. The number of pyridine rings is 1. The Morgan fingerprint density at radius 1 is 1.36 bits per heavy atom. The highest BCUT2D eigenvalue weighted by Gasteiger charge is 2.10. The van der Waals surface area contributed by atoms with E-state index in [-0.39, 0.29) is 0 Å². The summed E-state index contributed by atoms with van der Waals surface area (Å²) in [4.78, 5) is 8.72. The van der Waals surface area contributed by atoms with Crippen LogP contribution in [0.5, 0.6) is 11.5 Å². The van der Waals surface area contributed by atoms with Crippen molar-refractivity contribution in [3.8, 4) is 11.5 Å². The van der Waals surface area contributed by atoms with Crippen molar-refractivity contribution in [3.63, 3.8) is 0 Å². The summed E-state index contributed by atoms with van der Waals surface area (Å²) in [6, 6.07) is 5.79. The van der Waals surface area contributed by atoms with Crippen LogP contribution in [-0.2, 0) is 6.42 Å². The van der Waals surface area contributed by atoms with Gasteiger partial charge in [0.15, 0.2) is 5.90 Å². The van der Waals surface area contributed by atoms with E-state index in [1.165, 1.54) is 5.54 Å². The number of hydrogen-bond donors (Lipinski definition) is 1. The first-order chi connectivity index (χ1) is 12.1. The van der Waals surface area contributed by atoms with Crippen LogP contribution in [0.1, 0.15) is 19.4 Å². The van der Waals surface area contributed by atoms with Crippen molar-refractivity contribution in [2.24, 2.45) is 4.99 Å². The highest BCUT2D eigenvalue weighted by atomic mass is 35.5. The van der Waals surface area contributed by atoms with Crippen LogP contribution in [0.4, 0.5) is 0 Å². The van der Waals surface area contributed by atoms with Crippen molar-refractivity contribution in [3.05, 3.63) is 53.5 Å². The first-order valence-corrected chi connectivity index (χ1v) is 8.39. The lowest BCUT2D eigenvalue weighted by Crippen LogP contribution is -2.06. The second-order valence-corrected chi connectivity index (χ2v) is 5.47. The van der Waals surface area contributed by atoms with Crippen LogP contribution >= 0.6 is 11.6 Å². The summed E-state index contributed by atoms with van der Waals surface area (Å²) in [6.07, 6.45) is 5.95. The number of methoxy groups -OCH3 is 1. The molecule has 0 radical (unpaired) electrons. The number of allylic oxidation sites excluding steroid dienone is 1. The number of rotatable bonds is 6. The van der Waals surface area contributed by atoms with Crippen molar-refractivity contribution < 1.29 is 9.47 Å². The summed E-state index contributed by atoms with van der Waals surface area (Å²) in [6.45, 7) is 3.87. The fourth-order valence-corrected chi connectivity index (χ4v) is 2.49. The van der Waals surface area contributed by atoms with E-state index in [0.29, 0.717) is 11.6 Å². The minimum absolute atomic E-state index is 0.502. The molecular formula is C19H22ClN3O2. The summed E-state index contributed by atoms with van der Waals surface area (Å²) in [7, 11) is 3.46. The van der Waals surface area contributed by atoms with E-state index in [4.69, 9.17) is 21.1 Å². The number of aromatic nitrogens is 1. The smallest absolute Gasteiger partial charge is 0.191 e. The molecule has 1 heterocycles. The predicted octanol–water partition coefficient (Wildman–Crippen LogP) is 4.42. The van der Waals surface area contributed by atoms with Gasteiger partial charge in [-0.1, -0.05) is 18.5 Å². The minimum atomic E-state index is 0.502. The number of aliphatic imine (C=N–C) groups is 1. The summed E-state index contributed by atoms with van der Waals surface area (Å²) in [5.74, 6) is 2.01. The molecule has 0 aliphatic heterocycles. The Morgan fingerprint density at radius 2 is 2.16 bits per heavy atom. The van der Waals surface area contributed by atoms with Crippen LogP contribution in [0.3, 0.4) is 0 Å². The molecule has 0 saturated carbocycles. The molecule has 5 nitrogen and oxygen atoms in total. The maximum Gasteiger partial charge on any atom is 0.191 e. The molecule has 0 bridgehead atoms. The third-order valence-electron chi connectivity index (χ3n) is 3.66. The number of halogens is 1. The fourth-order valence-electron chi connectivity index (χ4n) is 2.35. The Balaban J connectivity index is 2.37. The van der Waals surface area contributed by atoms with Crippen LogP contribution in [-0.4, -0.2) is 25.0 Å². The molecule has 0 spiro atoms. The van der Waals surface area contributed by atoms with E-state index < -0.39 is 0 Å². The molecule has 1 aromatic carbocycles. The molecule has 25 heavy (non-hydrogen) atoms. The Labute approximate surface area is 153 Å². The normalized spacial score (nSPS) is 12.7. The molecule has 1 N–H and O–H groups in total. The zero-order valence-electron chi connectivity index (χ0n) is 14.8. The zero-order valence-corrected chi connectivity index (χ0v) is 15.6. The minimum Gasteiger partial charge on any atom is -0.496 e. The number of nitrogens with zero attached hydrogens (tertiary/aromatic N) is 2. The molecule has 0 amide bonds. The molecule has 6 heteroatoms. The van der Waals surface area contributed by atoms with Gasteiger partial charge in [-0.2, -0.15) is 0 Å². The standard InChI is InChI=1S/C19H22ClN3O2/c1-5-14-10-17-16(11-19(14)24-4)18(7-9-22-17)25-13(2)23-12-15(21-3)6-8-20/h6-12,21H,5H2,1-4H3/b8-6+,15-12+,23-13?. The monoisotopic (exact) mass is 359 g/mol. The van der Waals surface area contributed by atoms with Crippen molar-refractivity contribution >= 4 is 28.4 Å². The van der Waals surface area contributed by atoms with Gasteiger partial charge in [-0.05, 0) is 36.3 Å². The second kappa shape index (κ2) is 9.08. The lowest BCUT2D eigenvalue weighted by molar-refractivity contribution is 0.410. The number of benzene rings is 1. The SMILES string of the molecule is CCc1cc2nccc(OC(C)=N/C=C(\C=C\Cl)NC)c2cc1OC. The number of fused-ring (bicyclic) bond motifs is 1. The first kappa shape index (κ1) is 18.8. The summed E-state index contributed by atoms with van der Waals surface area (Å²) in [5, 5.41) is 3.86. The number of nitrogens with one attached hydrogen (secondary N) is 1. The second-order valence-electron chi connectivity index (χ2n) is 5.22. The molecule has 1 aromatic heterocycles. The lowest BCUT2D eigenvalue weighted by atomic mass is 10.1. The molecule has 2 aromatic rings. The van der Waals surface area contributed by atoms with Crippen molar-refractivity contribution in [2.75, 3.05) is 14.2 Å². The number of likely N-dealkylation sites (N-methyl/N-ethyl adjacent to an activating group) is 1. The predicted molar refractivity (Wildman–Crippen MR) is 104 cm³/mol. The van der Waals surface area contributed by atoms with Gasteiger partial charge in [-0.15, -0.1) is 0 Å². The van der Waals surface area contributed by atoms with E-state index in [2.05, 4.69) is 22.2 Å². The van der Waals surface area contributed by atoms with Gasteiger partial charge < -0.3 is 14.8 Å². The van der Waals surface area contributed by atoms with Crippen LogP contribution in [0.25, 0.3) is 10.9 Å². The third kappa shape index (κ3) is 4.73. The molecule has 2 rings (SSSR count). The maximum absolute atomic E-state index is 5.90. The van der Waals surface area contributed by atoms with Gasteiger partial charge in [0.25, 0.3) is 0 Å². The molecule has 0 aliphatic carbocycles. The van der Waals surface area contributed by atoms with Crippen LogP contribution in [0.15, 0.2) is 52.9 Å². The number of aryl methyl sites for hydroxylation is 1. The van der Waals surface area contributed by atoms with E-state index in [0.717, 1.165) is 34.3 Å². The highest BCUT2D eigenvalue weighted by Crippen LogP contribution is 2.31. The van der Waals surface area contributed by atoms with Crippen LogP contribution in [0.2, 0.25) is 0 Å². The molecule has 0 atom stereocenters. The average molecular weight is 360 g/mol. The topological polar surface area (TPSA) is 55.7 Å². The fraction of sp³-hybridized carbons (Fsp3) is 0.263. The third-order valence-corrected chi connectivity index (χ3v) is 3.78. The van der Waals surface area contributed by atoms with Gasteiger partial charge in [0, 0.05) is 31.1 Å². The quantitative estimate of drug-likeness (QED) is 0.471. The molecular weight excluding hydrogens is 338 g/mol. The van der Waals surface area contributed by atoms with Gasteiger partial charge in [-0.25, -0.2) is 4.99 Å². The average Bonchev–Trinajstić information content (AvgIpc) is 2.64. The van der Waals surface area contributed by atoms with E-state index in [1.54, 1.807) is 39.6 Å². The lowest BCUT2D eigenvalue weighted by Gasteiger charge is -2.12. The van der Waals surface area contributed by atoms with Gasteiger partial charge >= 0.3 is 0 Å². The Hall–Kier alpha value is -2.53. The van der Waals surface area contributed by atoms with E-state index in [1.807, 2.05) is 18.2 Å². The maximum atomic E-state index is 5.90. The Kier molecular flexibility index (Phi) is 6.83. The largest absolute Gasteiger partial charge is 0.496 e. The van der Waals surface area contributed by atoms with E-state index in [9.17, 15) is 0 Å². The zero-order chi connectivity index (χ0) is 18.2. The molecule has 132 valence electrons. The van der Waals surface area contributed by atoms with E-state index >= 15 is 0 Å². The van der Waals surface area contributed by atoms with Gasteiger partial charge in [0.1, 0.15) is 11.5 Å². The van der Waals surface area contributed by atoms with Crippen molar-refractivity contribution in [1.29, 1.82) is 0 Å². The van der Waals surface area contributed by atoms with Crippen molar-refractivity contribution in [2.45, 2.75) is 20.3 Å². The first-order valence-electron chi connectivity index (χ1n) is 7.95. The molecule has 0 saturated heterocycles. The van der Waals surface area contributed by atoms with Crippen LogP contribution in [0, 0.1) is 0 Å². The highest BCUT2D eigenvalue weighted by molar-refractivity contribution is 6.25. The summed E-state index contributed by atoms with van der Waals surface area (Å²) < 4.78 is 11.4. The molecule has 0 aliphatic rings. The van der Waals surface area contributed by atoms with Crippen LogP contribution < -0.4 is 14.8 Å². The van der Waals surface area contributed by atoms with Crippen molar-refractivity contribution in [1.82, 2.24) is 10.3 Å². The van der Waals surface area contributed by atoms with Gasteiger partial charge in [0.2, 0.25) is 0 Å². The number of ether oxygens (including phenoxy) is 2. The molecule has 0 unspecified atom stereocenters. The summed E-state index contributed by atoms with van der Waals surface area (Å²) in [5.41, 5.74) is 4.16. The van der Waals surface area contributed by atoms with Gasteiger partial charge in [0.05, 0.1) is 24.5 Å². The molecule has 0 fully saturated rings. The summed E-state index contributed by atoms with van der Waals surface area (Å²) >= 11 is 5.58. The Bertz CT molecular complexity index is 829.